The summed E-state index contributed by atoms with van der Waals surface area (Å²) < 4.78 is 44.5. The fourth-order valence-electron chi connectivity index (χ4n) is 2.65. The van der Waals surface area contributed by atoms with Crippen molar-refractivity contribution in [1.82, 2.24) is 9.55 Å². The number of nitrogens with zero attached hydrogens (tertiary/aromatic N) is 3. The summed E-state index contributed by atoms with van der Waals surface area (Å²) in [6, 6.07) is 13.1. The monoisotopic (exact) mass is 433 g/mol. The van der Waals surface area contributed by atoms with Crippen LogP contribution < -0.4 is 5.56 Å². The number of ether oxygens (including phenoxy) is 1. The number of carbonyl (C=O) groups excluding carboxylic acids is 1. The Bertz CT molecular complexity index is 1190. The zero-order valence-electron chi connectivity index (χ0n) is 15.3. The van der Waals surface area contributed by atoms with E-state index in [1.54, 1.807) is 24.3 Å². The summed E-state index contributed by atoms with van der Waals surface area (Å²) in [4.78, 5) is 29.1. The molecule has 10 heteroatoms. The molecule has 0 fully saturated rings. The van der Waals surface area contributed by atoms with Gasteiger partial charge in [-0.2, -0.15) is 18.4 Å². The number of alkyl halides is 3. The van der Waals surface area contributed by atoms with E-state index in [9.17, 15) is 22.8 Å². The molecule has 0 bridgehead atoms. The topological polar surface area (TPSA) is 85.0 Å². The molecule has 1 heterocycles. The number of carbonyl (C=O) groups is 1. The van der Waals surface area contributed by atoms with E-state index < -0.39 is 23.3 Å². The number of aromatic nitrogens is 2. The predicted molar refractivity (Wildman–Crippen MR) is 104 cm³/mol. The molecule has 6 nitrogen and oxygen atoms in total. The molecule has 0 amide bonds. The van der Waals surface area contributed by atoms with E-state index in [0.29, 0.717) is 10.9 Å². The molecule has 154 valence electrons. The fraction of sp³-hybridized carbons (Fsp3) is 0.200. The minimum atomic E-state index is -4.47. The molecule has 0 aliphatic carbocycles. The predicted octanol–water partition coefficient (Wildman–Crippen LogP) is 3.77. The van der Waals surface area contributed by atoms with Gasteiger partial charge in [-0.1, -0.05) is 18.2 Å². The van der Waals surface area contributed by atoms with Crippen LogP contribution in [0.4, 0.5) is 13.2 Å². The number of nitriles is 1. The maximum absolute atomic E-state index is 12.8. The Labute approximate surface area is 172 Å². The highest BCUT2D eigenvalue weighted by atomic mass is 32.2. The molecule has 0 saturated carbocycles. The first kappa shape index (κ1) is 21.4. The van der Waals surface area contributed by atoms with Crippen molar-refractivity contribution in [3.8, 4) is 6.07 Å². The smallest absolute Gasteiger partial charge is 0.416 e. The molecule has 0 saturated heterocycles. The largest absolute Gasteiger partial charge is 0.457 e. The van der Waals surface area contributed by atoms with Gasteiger partial charge in [0.05, 0.1) is 28.3 Å². The second-order valence-corrected chi connectivity index (χ2v) is 7.12. The SMILES string of the molecule is N#CCn1c(COC(=O)CSc2cccc(C(F)(F)F)c2)nc2ccccc2c1=O. The molecule has 1 aromatic heterocycles. The van der Waals surface area contributed by atoms with Crippen LogP contribution >= 0.6 is 11.8 Å². The van der Waals surface area contributed by atoms with Crippen molar-refractivity contribution < 1.29 is 22.7 Å². The van der Waals surface area contributed by atoms with Gasteiger partial charge in [-0.15, -0.1) is 11.8 Å². The Hall–Kier alpha value is -3.32. The molecule has 3 aromatic rings. The van der Waals surface area contributed by atoms with E-state index in [-0.39, 0.29) is 29.6 Å². The lowest BCUT2D eigenvalue weighted by Crippen LogP contribution is -2.26. The van der Waals surface area contributed by atoms with Gasteiger partial charge in [0, 0.05) is 4.90 Å². The van der Waals surface area contributed by atoms with Crippen molar-refractivity contribution in [2.75, 3.05) is 5.75 Å². The first-order valence-corrected chi connectivity index (χ1v) is 9.59. The Morgan fingerprint density at radius 3 is 2.70 bits per heavy atom. The molecular weight excluding hydrogens is 419 g/mol. The summed E-state index contributed by atoms with van der Waals surface area (Å²) in [6.45, 7) is -0.605. The van der Waals surface area contributed by atoms with Crippen molar-refractivity contribution >= 4 is 28.6 Å². The lowest BCUT2D eigenvalue weighted by molar-refractivity contribution is -0.142. The van der Waals surface area contributed by atoms with E-state index in [0.717, 1.165) is 28.5 Å². The number of thioether (sulfide) groups is 1. The Morgan fingerprint density at radius 1 is 1.20 bits per heavy atom. The number of halogens is 3. The number of rotatable bonds is 6. The van der Waals surface area contributed by atoms with E-state index in [2.05, 4.69) is 4.98 Å². The van der Waals surface area contributed by atoms with E-state index in [1.807, 2.05) is 6.07 Å². The zero-order chi connectivity index (χ0) is 21.7. The normalized spacial score (nSPS) is 11.3. The Kier molecular flexibility index (Phi) is 6.42. The van der Waals surface area contributed by atoms with Crippen LogP contribution in [0.15, 0.2) is 58.2 Å². The van der Waals surface area contributed by atoms with Gasteiger partial charge in [0.2, 0.25) is 0 Å². The van der Waals surface area contributed by atoms with Gasteiger partial charge in [-0.25, -0.2) is 4.98 Å². The van der Waals surface area contributed by atoms with Gasteiger partial charge in [0.1, 0.15) is 13.2 Å². The van der Waals surface area contributed by atoms with Crippen molar-refractivity contribution in [3.63, 3.8) is 0 Å². The highest BCUT2D eigenvalue weighted by Gasteiger charge is 2.30. The number of benzene rings is 2. The third-order valence-corrected chi connectivity index (χ3v) is 5.02. The molecule has 2 aromatic carbocycles. The zero-order valence-corrected chi connectivity index (χ0v) is 16.2. The van der Waals surface area contributed by atoms with Crippen molar-refractivity contribution in [3.05, 3.63) is 70.3 Å². The third-order valence-electron chi connectivity index (χ3n) is 4.05. The molecule has 0 spiro atoms. The first-order chi connectivity index (χ1) is 14.3. The number of para-hydroxylation sites is 1. The molecular formula is C20H14F3N3O3S. The molecule has 3 rings (SSSR count). The summed E-state index contributed by atoms with van der Waals surface area (Å²) in [5.41, 5.74) is -0.825. The van der Waals surface area contributed by atoms with Crippen LogP contribution in [-0.2, 0) is 28.9 Å². The Balaban J connectivity index is 1.69. The van der Waals surface area contributed by atoms with Gasteiger partial charge in [-0.3, -0.25) is 14.2 Å². The summed E-state index contributed by atoms with van der Waals surface area (Å²) in [7, 11) is 0. The van der Waals surface area contributed by atoms with Crippen LogP contribution in [0.3, 0.4) is 0 Å². The summed E-state index contributed by atoms with van der Waals surface area (Å²) >= 11 is 0.898. The minimum Gasteiger partial charge on any atom is -0.457 e. The van der Waals surface area contributed by atoms with Crippen LogP contribution in [-0.4, -0.2) is 21.3 Å². The van der Waals surface area contributed by atoms with Gasteiger partial charge >= 0.3 is 12.1 Å². The maximum Gasteiger partial charge on any atom is 0.416 e. The number of hydrogen-bond acceptors (Lipinski definition) is 6. The fourth-order valence-corrected chi connectivity index (χ4v) is 3.40. The van der Waals surface area contributed by atoms with Crippen LogP contribution in [0.5, 0.6) is 0 Å². The lowest BCUT2D eigenvalue weighted by atomic mass is 10.2. The van der Waals surface area contributed by atoms with Gasteiger partial charge in [-0.05, 0) is 30.3 Å². The van der Waals surface area contributed by atoms with Crippen molar-refractivity contribution in [2.24, 2.45) is 0 Å². The number of fused-ring (bicyclic) bond motifs is 1. The second kappa shape index (κ2) is 9.00. The van der Waals surface area contributed by atoms with Crippen LogP contribution in [0.1, 0.15) is 11.4 Å². The summed E-state index contributed by atoms with van der Waals surface area (Å²) in [5.74, 6) is -0.807. The highest BCUT2D eigenvalue weighted by Crippen LogP contribution is 2.31. The van der Waals surface area contributed by atoms with Gasteiger partial charge in [0.15, 0.2) is 5.82 Å². The third kappa shape index (κ3) is 4.99. The molecule has 0 atom stereocenters. The number of esters is 1. The molecule has 0 N–H and O–H groups in total. The second-order valence-electron chi connectivity index (χ2n) is 6.07. The highest BCUT2D eigenvalue weighted by molar-refractivity contribution is 8.00. The molecule has 30 heavy (non-hydrogen) atoms. The average molecular weight is 433 g/mol. The van der Waals surface area contributed by atoms with Crippen LogP contribution in [0.2, 0.25) is 0 Å². The molecule has 0 aliphatic rings. The summed E-state index contributed by atoms with van der Waals surface area (Å²) in [5, 5.41) is 9.32. The minimum absolute atomic E-state index is 0.109. The Morgan fingerprint density at radius 2 is 1.97 bits per heavy atom. The molecule has 0 unspecified atom stereocenters. The first-order valence-electron chi connectivity index (χ1n) is 8.60. The van der Waals surface area contributed by atoms with Crippen LogP contribution in [0, 0.1) is 11.3 Å². The van der Waals surface area contributed by atoms with E-state index in [4.69, 9.17) is 10.00 Å². The van der Waals surface area contributed by atoms with E-state index >= 15 is 0 Å². The van der Waals surface area contributed by atoms with E-state index in [1.165, 1.54) is 12.1 Å². The maximum atomic E-state index is 12.8. The van der Waals surface area contributed by atoms with Crippen LogP contribution in [0.25, 0.3) is 10.9 Å². The van der Waals surface area contributed by atoms with Gasteiger partial charge in [0.25, 0.3) is 5.56 Å². The molecule has 0 aliphatic heterocycles. The van der Waals surface area contributed by atoms with Crippen molar-refractivity contribution in [2.45, 2.75) is 24.2 Å². The quantitative estimate of drug-likeness (QED) is 0.435. The lowest BCUT2D eigenvalue weighted by Gasteiger charge is -2.11. The van der Waals surface area contributed by atoms with Gasteiger partial charge < -0.3 is 4.74 Å². The summed E-state index contributed by atoms with van der Waals surface area (Å²) in [6.07, 6.45) is -4.47. The molecule has 0 radical (unpaired) electrons. The average Bonchev–Trinajstić information content (AvgIpc) is 2.72. The number of hydrogen-bond donors (Lipinski definition) is 0. The van der Waals surface area contributed by atoms with Crippen molar-refractivity contribution in [1.29, 1.82) is 5.26 Å². The standard InChI is InChI=1S/C20H14F3N3O3S/c21-20(22,23)13-4-3-5-14(10-13)30-12-18(27)29-11-17-25-16-7-2-1-6-15(16)19(28)26(17)9-8-24/h1-7,10H,9,11-12H2.